The number of nitrogens with one attached hydrogen (secondary N) is 2. The molecule has 2 aliphatic heterocycles. The summed E-state index contributed by atoms with van der Waals surface area (Å²) < 4.78 is 0. The van der Waals surface area contributed by atoms with Gasteiger partial charge in [-0.3, -0.25) is 9.69 Å². The van der Waals surface area contributed by atoms with Crippen LogP contribution in [-0.2, 0) is 9.59 Å². The smallest absolute Gasteiger partial charge is 0.326 e. The number of carboxylic acid groups (broad SMARTS) is 1. The molecule has 2 rings (SSSR count). The zero-order valence-corrected chi connectivity index (χ0v) is 11.9. The summed E-state index contributed by atoms with van der Waals surface area (Å²) in [5, 5.41) is 14.3. The van der Waals surface area contributed by atoms with Crippen LogP contribution in [0.25, 0.3) is 0 Å². The minimum absolute atomic E-state index is 0.00168. The second-order valence-electron chi connectivity index (χ2n) is 5.65. The molecule has 0 aliphatic carbocycles. The number of aliphatic carboxylic acids is 1. The molecule has 8 nitrogen and oxygen atoms in total. The van der Waals surface area contributed by atoms with Gasteiger partial charge in [0, 0.05) is 25.0 Å². The Morgan fingerprint density at radius 2 is 2.05 bits per heavy atom. The third-order valence-corrected chi connectivity index (χ3v) is 4.21. The van der Waals surface area contributed by atoms with Crippen LogP contribution < -0.4 is 16.4 Å². The van der Waals surface area contributed by atoms with Crippen molar-refractivity contribution in [1.29, 1.82) is 0 Å². The number of nitrogens with two attached hydrogens (primary N) is 1. The molecular formula is C13H22N4O4. The van der Waals surface area contributed by atoms with Gasteiger partial charge in [-0.15, -0.1) is 0 Å². The zero-order valence-electron chi connectivity index (χ0n) is 11.9. The quantitative estimate of drug-likeness (QED) is 0.513. The normalized spacial score (nSPS) is 26.1. The van der Waals surface area contributed by atoms with Gasteiger partial charge in [0.05, 0.1) is 0 Å². The van der Waals surface area contributed by atoms with E-state index in [1.54, 1.807) is 0 Å². The highest BCUT2D eigenvalue weighted by Crippen LogP contribution is 2.27. The Morgan fingerprint density at radius 1 is 1.29 bits per heavy atom. The van der Waals surface area contributed by atoms with Crippen LogP contribution in [0.15, 0.2) is 0 Å². The Kier molecular flexibility index (Phi) is 5.00. The van der Waals surface area contributed by atoms with Gasteiger partial charge in [-0.25, -0.2) is 9.59 Å². The summed E-state index contributed by atoms with van der Waals surface area (Å²) in [5.74, 6) is -1.75. The van der Waals surface area contributed by atoms with Crippen molar-refractivity contribution in [2.75, 3.05) is 13.1 Å². The first-order valence-corrected chi connectivity index (χ1v) is 7.29. The van der Waals surface area contributed by atoms with Gasteiger partial charge in [0.15, 0.2) is 0 Å². The number of hydrogen-bond donors (Lipinski definition) is 4. The number of fused-ring (bicyclic) bond motifs is 1. The fourth-order valence-electron chi connectivity index (χ4n) is 3.16. The molecule has 0 saturated carbocycles. The molecule has 0 aromatic heterocycles. The predicted molar refractivity (Wildman–Crippen MR) is 74.5 cm³/mol. The molecule has 2 heterocycles. The van der Waals surface area contributed by atoms with E-state index in [1.807, 2.05) is 0 Å². The molecule has 0 aromatic carbocycles. The van der Waals surface area contributed by atoms with Crippen molar-refractivity contribution >= 4 is 17.9 Å². The maximum Gasteiger partial charge on any atom is 0.326 e. The SMILES string of the molecule is NC(=O)CC[C@@H](NC(=O)NC1CCN2CCCC12)C(=O)O. The summed E-state index contributed by atoms with van der Waals surface area (Å²) in [6.45, 7) is 2.04. The van der Waals surface area contributed by atoms with Crippen LogP contribution in [0.5, 0.6) is 0 Å². The number of nitrogens with zero attached hydrogens (tertiary/aromatic N) is 1. The second kappa shape index (κ2) is 6.75. The monoisotopic (exact) mass is 298 g/mol. The Hall–Kier alpha value is -1.83. The average Bonchev–Trinajstić information content (AvgIpc) is 2.99. The molecule has 5 N–H and O–H groups in total. The van der Waals surface area contributed by atoms with Gasteiger partial charge in [0.1, 0.15) is 6.04 Å². The highest BCUT2D eigenvalue weighted by Gasteiger charge is 2.38. The lowest BCUT2D eigenvalue weighted by molar-refractivity contribution is -0.139. The molecule has 2 unspecified atom stereocenters. The maximum absolute atomic E-state index is 11.9. The van der Waals surface area contributed by atoms with E-state index in [2.05, 4.69) is 15.5 Å². The van der Waals surface area contributed by atoms with Crippen molar-refractivity contribution < 1.29 is 19.5 Å². The van der Waals surface area contributed by atoms with E-state index in [1.165, 1.54) is 0 Å². The summed E-state index contributed by atoms with van der Waals surface area (Å²) in [5.41, 5.74) is 5.00. The fourth-order valence-corrected chi connectivity index (χ4v) is 3.16. The van der Waals surface area contributed by atoms with Gasteiger partial charge < -0.3 is 21.5 Å². The molecule has 21 heavy (non-hydrogen) atoms. The Labute approximate surface area is 123 Å². The van der Waals surface area contributed by atoms with E-state index in [4.69, 9.17) is 10.8 Å². The van der Waals surface area contributed by atoms with E-state index in [9.17, 15) is 14.4 Å². The van der Waals surface area contributed by atoms with Crippen molar-refractivity contribution in [3.8, 4) is 0 Å². The highest BCUT2D eigenvalue weighted by molar-refractivity contribution is 5.83. The zero-order chi connectivity index (χ0) is 15.4. The summed E-state index contributed by atoms with van der Waals surface area (Å²) in [7, 11) is 0. The first-order chi connectivity index (χ1) is 9.97. The van der Waals surface area contributed by atoms with E-state index in [-0.39, 0.29) is 18.9 Å². The standard InChI is InChI=1S/C13H22N4O4/c14-11(18)4-3-9(12(19)20)16-13(21)15-8-5-7-17-6-1-2-10(8)17/h8-10H,1-7H2,(H2,14,18)(H,19,20)(H2,15,16,21)/t8?,9-,10?/m1/s1. The molecule has 2 aliphatic rings. The Balaban J connectivity index is 1.81. The lowest BCUT2D eigenvalue weighted by Gasteiger charge is -2.22. The molecular weight excluding hydrogens is 276 g/mol. The molecule has 0 spiro atoms. The van der Waals surface area contributed by atoms with Crippen LogP contribution in [0.3, 0.4) is 0 Å². The lowest BCUT2D eigenvalue weighted by atomic mass is 10.1. The first kappa shape index (κ1) is 15.6. The first-order valence-electron chi connectivity index (χ1n) is 7.29. The van der Waals surface area contributed by atoms with Gasteiger partial charge in [-0.05, 0) is 32.2 Å². The molecule has 118 valence electrons. The third-order valence-electron chi connectivity index (χ3n) is 4.21. The van der Waals surface area contributed by atoms with Crippen molar-refractivity contribution in [2.45, 2.75) is 50.2 Å². The molecule has 3 amide bonds. The van der Waals surface area contributed by atoms with Crippen LogP contribution in [0, 0.1) is 0 Å². The van der Waals surface area contributed by atoms with Gasteiger partial charge >= 0.3 is 12.0 Å². The molecule has 2 fully saturated rings. The summed E-state index contributed by atoms with van der Waals surface area (Å²) >= 11 is 0. The summed E-state index contributed by atoms with van der Waals surface area (Å²) in [6, 6.07) is -1.16. The van der Waals surface area contributed by atoms with E-state index in [0.717, 1.165) is 32.4 Å². The molecule has 3 atom stereocenters. The number of carboxylic acids is 1. The molecule has 2 saturated heterocycles. The van der Waals surface area contributed by atoms with E-state index >= 15 is 0 Å². The van der Waals surface area contributed by atoms with E-state index < -0.39 is 23.9 Å². The van der Waals surface area contributed by atoms with Crippen LogP contribution in [0.4, 0.5) is 4.79 Å². The largest absolute Gasteiger partial charge is 0.480 e. The molecule has 8 heteroatoms. The van der Waals surface area contributed by atoms with Crippen molar-refractivity contribution in [1.82, 2.24) is 15.5 Å². The van der Waals surface area contributed by atoms with Gasteiger partial charge in [-0.1, -0.05) is 0 Å². The van der Waals surface area contributed by atoms with Crippen molar-refractivity contribution in [2.24, 2.45) is 5.73 Å². The summed E-state index contributed by atoms with van der Waals surface area (Å²) in [6.07, 6.45) is 3.02. The maximum atomic E-state index is 11.9. The minimum Gasteiger partial charge on any atom is -0.480 e. The third kappa shape index (κ3) is 4.07. The van der Waals surface area contributed by atoms with Crippen molar-refractivity contribution in [3.63, 3.8) is 0 Å². The second-order valence-corrected chi connectivity index (χ2v) is 5.65. The van der Waals surface area contributed by atoms with Crippen LogP contribution in [-0.4, -0.2) is 59.1 Å². The number of primary amides is 1. The summed E-state index contributed by atoms with van der Waals surface area (Å²) in [4.78, 5) is 36.1. The number of carbonyl (C=O) groups is 3. The van der Waals surface area contributed by atoms with Crippen LogP contribution in [0.1, 0.15) is 32.1 Å². The van der Waals surface area contributed by atoms with Gasteiger partial charge in [0.25, 0.3) is 0 Å². The van der Waals surface area contributed by atoms with Gasteiger partial charge in [-0.2, -0.15) is 0 Å². The molecule has 0 bridgehead atoms. The minimum atomic E-state index is -1.17. The number of rotatable bonds is 6. The molecule has 0 aromatic rings. The average molecular weight is 298 g/mol. The van der Waals surface area contributed by atoms with Gasteiger partial charge in [0.2, 0.25) is 5.91 Å². The predicted octanol–water partition coefficient (Wildman–Crippen LogP) is -0.759. The van der Waals surface area contributed by atoms with Crippen LogP contribution in [0.2, 0.25) is 0 Å². The Morgan fingerprint density at radius 3 is 2.71 bits per heavy atom. The number of hydrogen-bond acceptors (Lipinski definition) is 4. The number of amides is 3. The van der Waals surface area contributed by atoms with Crippen molar-refractivity contribution in [3.05, 3.63) is 0 Å². The van der Waals surface area contributed by atoms with Crippen LogP contribution >= 0.6 is 0 Å². The number of urea groups is 1. The van der Waals surface area contributed by atoms with E-state index in [0.29, 0.717) is 6.04 Å². The Bertz CT molecular complexity index is 428. The fraction of sp³-hybridized carbons (Fsp3) is 0.769. The lowest BCUT2D eigenvalue weighted by Crippen LogP contribution is -2.51. The number of carbonyl (C=O) groups excluding carboxylic acids is 2. The molecule has 0 radical (unpaired) electrons. The highest BCUT2D eigenvalue weighted by atomic mass is 16.4. The topological polar surface area (TPSA) is 125 Å².